The van der Waals surface area contributed by atoms with E-state index in [2.05, 4.69) is 28.8 Å². The smallest absolute Gasteiger partial charge is 0.328 e. The summed E-state index contributed by atoms with van der Waals surface area (Å²) in [5, 5.41) is 14.7. The van der Waals surface area contributed by atoms with E-state index >= 15 is 0 Å². The number of carbonyl (C=O) groups excluding carboxylic acids is 2. The highest BCUT2D eigenvalue weighted by molar-refractivity contribution is 7.85. The van der Waals surface area contributed by atoms with E-state index in [0.29, 0.717) is 0 Å². The van der Waals surface area contributed by atoms with Gasteiger partial charge in [0.15, 0.2) is 0 Å². The minimum Gasteiger partial charge on any atom is -0.328 e. The van der Waals surface area contributed by atoms with Gasteiger partial charge >= 0.3 is 32.5 Å². The van der Waals surface area contributed by atoms with E-state index in [4.69, 9.17) is 0 Å². The van der Waals surface area contributed by atoms with Crippen LogP contribution in [0.4, 0.5) is 0 Å². The standard InChI is InChI=1S/C16H12N6O8S2/c23-15(29-31(25,26)21-17-11-5-1-2-6-12(11)18-21)9-10-16(24)30-32(27,28)22-19-13-7-3-4-8-14(13)20-22/h1-8H,9-10H2. The first kappa shape index (κ1) is 21.3. The van der Waals surface area contributed by atoms with E-state index in [1.54, 1.807) is 24.3 Å². The topological polar surface area (TPSA) is 182 Å². The first-order valence-corrected chi connectivity index (χ1v) is 11.5. The Kier molecular flexibility index (Phi) is 5.31. The molecule has 4 aromatic rings. The van der Waals surface area contributed by atoms with Gasteiger partial charge in [0.25, 0.3) is 0 Å². The first-order valence-electron chi connectivity index (χ1n) is 8.74. The predicted octanol–water partition coefficient (Wildman–Crippen LogP) is -0.0714. The van der Waals surface area contributed by atoms with Crippen LogP contribution >= 0.6 is 0 Å². The molecule has 0 saturated heterocycles. The number of aromatic nitrogens is 6. The van der Waals surface area contributed by atoms with E-state index in [9.17, 15) is 26.4 Å². The van der Waals surface area contributed by atoms with E-state index < -0.39 is 45.4 Å². The number of hydrogen-bond donors (Lipinski definition) is 0. The highest BCUT2D eigenvalue weighted by Crippen LogP contribution is 2.12. The summed E-state index contributed by atoms with van der Waals surface area (Å²) in [6.07, 6.45) is -1.58. The molecule has 0 aliphatic heterocycles. The maximum absolute atomic E-state index is 12.1. The van der Waals surface area contributed by atoms with E-state index in [0.717, 1.165) is 0 Å². The highest BCUT2D eigenvalue weighted by Gasteiger charge is 2.26. The zero-order valence-corrected chi connectivity index (χ0v) is 17.4. The van der Waals surface area contributed by atoms with Crippen LogP contribution in [0.3, 0.4) is 0 Å². The fraction of sp³-hybridized carbons (Fsp3) is 0.125. The van der Waals surface area contributed by atoms with Crippen LogP contribution in [0.5, 0.6) is 0 Å². The van der Waals surface area contributed by atoms with Gasteiger partial charge in [0.2, 0.25) is 0 Å². The van der Waals surface area contributed by atoms with Crippen molar-refractivity contribution in [3.05, 3.63) is 48.5 Å². The molecule has 2 aromatic heterocycles. The molecule has 166 valence electrons. The van der Waals surface area contributed by atoms with Gasteiger partial charge < -0.3 is 8.37 Å². The third kappa shape index (κ3) is 4.40. The quantitative estimate of drug-likeness (QED) is 0.344. The van der Waals surface area contributed by atoms with Gasteiger partial charge in [-0.15, -0.1) is 20.4 Å². The molecular formula is C16H12N6O8S2. The summed E-state index contributed by atoms with van der Waals surface area (Å²) in [7, 11) is -9.42. The van der Waals surface area contributed by atoms with Crippen molar-refractivity contribution in [3.8, 4) is 0 Å². The zero-order chi connectivity index (χ0) is 22.9. The fourth-order valence-electron chi connectivity index (χ4n) is 2.47. The van der Waals surface area contributed by atoms with Gasteiger partial charge in [0.05, 0.1) is 12.8 Å². The lowest BCUT2D eigenvalue weighted by Gasteiger charge is -2.05. The molecule has 2 aromatic carbocycles. The highest BCUT2D eigenvalue weighted by atomic mass is 32.2. The van der Waals surface area contributed by atoms with Crippen LogP contribution in [-0.4, -0.2) is 57.6 Å². The summed E-state index contributed by atoms with van der Waals surface area (Å²) in [6.45, 7) is 0. The summed E-state index contributed by atoms with van der Waals surface area (Å²) in [5.41, 5.74) is 1.00. The molecule has 0 aliphatic carbocycles. The SMILES string of the molecule is O=C(CCC(=O)OS(=O)(=O)n1nc2ccccc2n1)OS(=O)(=O)n1nc2ccccc2n1. The van der Waals surface area contributed by atoms with Gasteiger partial charge in [-0.25, -0.2) is 0 Å². The maximum Gasteiger partial charge on any atom is 0.448 e. The molecule has 16 heteroatoms. The van der Waals surface area contributed by atoms with Crippen LogP contribution in [0.1, 0.15) is 12.8 Å². The molecule has 0 aliphatic rings. The third-order valence-corrected chi connectivity index (χ3v) is 5.79. The van der Waals surface area contributed by atoms with Crippen LogP contribution in [-0.2, 0) is 38.6 Å². The van der Waals surface area contributed by atoms with Crippen molar-refractivity contribution in [1.29, 1.82) is 0 Å². The molecule has 0 spiro atoms. The Hall–Kier alpha value is -3.92. The number of rotatable bonds is 7. The fourth-order valence-corrected chi connectivity index (χ4v) is 3.99. The number of carbonyl (C=O) groups is 2. The van der Waals surface area contributed by atoms with E-state index in [1.165, 1.54) is 24.3 Å². The Morgan fingerprint density at radius 1 is 0.625 bits per heavy atom. The number of benzene rings is 2. The molecular weight excluding hydrogens is 468 g/mol. The molecule has 0 saturated carbocycles. The van der Waals surface area contributed by atoms with Crippen molar-refractivity contribution >= 4 is 54.6 Å². The average molecular weight is 480 g/mol. The van der Waals surface area contributed by atoms with Crippen molar-refractivity contribution in [2.45, 2.75) is 12.8 Å². The minimum absolute atomic E-state index is 0.229. The minimum atomic E-state index is -4.71. The van der Waals surface area contributed by atoms with Crippen LogP contribution in [0.2, 0.25) is 0 Å². The van der Waals surface area contributed by atoms with Crippen molar-refractivity contribution in [2.24, 2.45) is 0 Å². The molecule has 14 nitrogen and oxygen atoms in total. The van der Waals surface area contributed by atoms with Crippen LogP contribution < -0.4 is 0 Å². The summed E-state index contributed by atoms with van der Waals surface area (Å²) >= 11 is 0. The van der Waals surface area contributed by atoms with Crippen molar-refractivity contribution in [1.82, 2.24) is 28.8 Å². The predicted molar refractivity (Wildman–Crippen MR) is 105 cm³/mol. The molecule has 0 amide bonds. The van der Waals surface area contributed by atoms with Gasteiger partial charge in [-0.05, 0) is 32.7 Å². The second-order valence-corrected chi connectivity index (χ2v) is 8.85. The van der Waals surface area contributed by atoms with Gasteiger partial charge in [-0.3, -0.25) is 9.59 Å². The summed E-state index contributed by atoms with van der Waals surface area (Å²) in [4.78, 5) is 23.7. The monoisotopic (exact) mass is 480 g/mol. The van der Waals surface area contributed by atoms with Crippen LogP contribution in [0, 0.1) is 0 Å². The molecule has 0 atom stereocenters. The Morgan fingerprint density at radius 2 is 0.906 bits per heavy atom. The van der Waals surface area contributed by atoms with Crippen molar-refractivity contribution in [3.63, 3.8) is 0 Å². The summed E-state index contributed by atoms with van der Waals surface area (Å²) < 4.78 is 57.6. The second kappa shape index (κ2) is 7.97. The van der Waals surface area contributed by atoms with Crippen LogP contribution in [0.15, 0.2) is 48.5 Å². The molecule has 4 rings (SSSR count). The van der Waals surface area contributed by atoms with E-state index in [1.807, 2.05) is 0 Å². The number of fused-ring (bicyclic) bond motifs is 2. The molecule has 2 heterocycles. The second-order valence-electron chi connectivity index (χ2n) is 6.15. The lowest BCUT2D eigenvalue weighted by atomic mass is 10.3. The largest absolute Gasteiger partial charge is 0.448 e. The van der Waals surface area contributed by atoms with Crippen molar-refractivity contribution < 1.29 is 34.8 Å². The summed E-state index contributed by atoms with van der Waals surface area (Å²) in [6, 6.07) is 12.5. The van der Waals surface area contributed by atoms with Gasteiger partial charge in [-0.1, -0.05) is 24.3 Å². The van der Waals surface area contributed by atoms with E-state index in [-0.39, 0.29) is 30.5 Å². The van der Waals surface area contributed by atoms with Crippen LogP contribution in [0.25, 0.3) is 22.1 Å². The van der Waals surface area contributed by atoms with Gasteiger partial charge in [0, 0.05) is 0 Å². The number of hydrogen-bond acceptors (Lipinski definition) is 12. The molecule has 0 radical (unpaired) electrons. The van der Waals surface area contributed by atoms with Crippen molar-refractivity contribution in [2.75, 3.05) is 0 Å². The molecule has 0 bridgehead atoms. The number of nitrogens with zero attached hydrogens (tertiary/aromatic N) is 6. The Balaban J connectivity index is 1.36. The molecule has 0 unspecified atom stereocenters. The Morgan fingerprint density at radius 3 is 1.19 bits per heavy atom. The first-order chi connectivity index (χ1) is 15.1. The zero-order valence-electron chi connectivity index (χ0n) is 15.8. The third-order valence-electron chi connectivity index (χ3n) is 3.87. The molecule has 0 fully saturated rings. The Labute approximate surface area is 179 Å². The normalized spacial score (nSPS) is 12.1. The van der Waals surface area contributed by atoms with Gasteiger partial charge in [0.1, 0.15) is 22.1 Å². The van der Waals surface area contributed by atoms with Gasteiger partial charge in [-0.2, -0.15) is 16.8 Å². The lowest BCUT2D eigenvalue weighted by molar-refractivity contribution is -0.140. The Bertz CT molecular complexity index is 1370. The lowest BCUT2D eigenvalue weighted by Crippen LogP contribution is -2.24. The maximum atomic E-state index is 12.1. The average Bonchev–Trinajstić information content (AvgIpc) is 3.37. The molecule has 32 heavy (non-hydrogen) atoms. The summed E-state index contributed by atoms with van der Waals surface area (Å²) in [5.74, 6) is -2.69. The molecule has 0 N–H and O–H groups in total.